The molecule has 1 aromatic heterocycles. The molecule has 1 aromatic rings. The van der Waals surface area contributed by atoms with E-state index in [1.54, 1.807) is 0 Å². The molecular weight excluding hydrogens is 240 g/mol. The first-order valence-electron chi connectivity index (χ1n) is 7.16. The second kappa shape index (κ2) is 6.82. The van der Waals surface area contributed by atoms with Crippen LogP contribution in [0.3, 0.4) is 0 Å². The molecule has 0 amide bonds. The predicted octanol–water partition coefficient (Wildman–Crippen LogP) is 1.37. The van der Waals surface area contributed by atoms with Gasteiger partial charge in [-0.05, 0) is 24.8 Å². The average Bonchev–Trinajstić information content (AvgIpc) is 2.48. The molecule has 5 heteroatoms. The zero-order valence-corrected chi connectivity index (χ0v) is 11.9. The molecule has 0 radical (unpaired) electrons. The van der Waals surface area contributed by atoms with Crippen LogP contribution < -0.4 is 10.6 Å². The SMILES string of the molecule is CCC(N)Cc1cnc(N2CCOC(CC)C2)nc1. The molecule has 19 heavy (non-hydrogen) atoms. The van der Waals surface area contributed by atoms with E-state index in [1.807, 2.05) is 12.4 Å². The average molecular weight is 264 g/mol. The molecule has 0 saturated carbocycles. The predicted molar refractivity (Wildman–Crippen MR) is 76.2 cm³/mol. The van der Waals surface area contributed by atoms with Crippen LogP contribution in [0.1, 0.15) is 32.3 Å². The summed E-state index contributed by atoms with van der Waals surface area (Å²) in [5, 5.41) is 0. The number of hydrogen-bond donors (Lipinski definition) is 1. The summed E-state index contributed by atoms with van der Waals surface area (Å²) >= 11 is 0. The summed E-state index contributed by atoms with van der Waals surface area (Å²) in [7, 11) is 0. The number of hydrogen-bond acceptors (Lipinski definition) is 5. The van der Waals surface area contributed by atoms with Crippen molar-refractivity contribution >= 4 is 5.95 Å². The number of aromatic nitrogens is 2. The van der Waals surface area contributed by atoms with E-state index in [0.717, 1.165) is 50.5 Å². The third kappa shape index (κ3) is 3.88. The van der Waals surface area contributed by atoms with Crippen LogP contribution in [0.25, 0.3) is 0 Å². The highest BCUT2D eigenvalue weighted by Crippen LogP contribution is 2.14. The Labute approximate surface area is 115 Å². The fraction of sp³-hybridized carbons (Fsp3) is 0.714. The summed E-state index contributed by atoms with van der Waals surface area (Å²) < 4.78 is 5.66. The summed E-state index contributed by atoms with van der Waals surface area (Å²) in [5.74, 6) is 0.801. The molecule has 0 bridgehead atoms. The molecule has 1 fully saturated rings. The second-order valence-electron chi connectivity index (χ2n) is 5.11. The van der Waals surface area contributed by atoms with Crippen molar-refractivity contribution in [1.29, 1.82) is 0 Å². The Balaban J connectivity index is 1.97. The first kappa shape index (κ1) is 14.2. The molecule has 0 spiro atoms. The van der Waals surface area contributed by atoms with Gasteiger partial charge in [0, 0.05) is 31.5 Å². The Kier molecular flexibility index (Phi) is 5.10. The van der Waals surface area contributed by atoms with Crippen LogP contribution in [0.5, 0.6) is 0 Å². The Morgan fingerprint density at radius 1 is 1.42 bits per heavy atom. The molecule has 106 valence electrons. The molecule has 5 nitrogen and oxygen atoms in total. The summed E-state index contributed by atoms with van der Waals surface area (Å²) in [6.45, 7) is 6.74. The molecule has 2 N–H and O–H groups in total. The van der Waals surface area contributed by atoms with E-state index >= 15 is 0 Å². The molecular formula is C14H24N4O. The highest BCUT2D eigenvalue weighted by molar-refractivity contribution is 5.30. The van der Waals surface area contributed by atoms with E-state index < -0.39 is 0 Å². The van der Waals surface area contributed by atoms with Gasteiger partial charge in [0.15, 0.2) is 0 Å². The summed E-state index contributed by atoms with van der Waals surface area (Å²) in [4.78, 5) is 11.1. The van der Waals surface area contributed by atoms with Crippen LogP contribution in [0, 0.1) is 0 Å². The van der Waals surface area contributed by atoms with Crippen LogP contribution in [0.4, 0.5) is 5.95 Å². The van der Waals surface area contributed by atoms with Crippen molar-refractivity contribution < 1.29 is 4.74 Å². The molecule has 2 unspecified atom stereocenters. The van der Waals surface area contributed by atoms with Crippen LogP contribution in [0.15, 0.2) is 12.4 Å². The normalized spacial score (nSPS) is 21.4. The van der Waals surface area contributed by atoms with Crippen molar-refractivity contribution in [2.75, 3.05) is 24.6 Å². The zero-order chi connectivity index (χ0) is 13.7. The molecule has 2 heterocycles. The monoisotopic (exact) mass is 264 g/mol. The largest absolute Gasteiger partial charge is 0.375 e. The first-order valence-corrected chi connectivity index (χ1v) is 7.16. The minimum Gasteiger partial charge on any atom is -0.375 e. The van der Waals surface area contributed by atoms with Crippen LogP contribution in [0.2, 0.25) is 0 Å². The van der Waals surface area contributed by atoms with Crippen molar-refractivity contribution in [3.63, 3.8) is 0 Å². The molecule has 0 aliphatic carbocycles. The molecule has 1 aliphatic heterocycles. The van der Waals surface area contributed by atoms with Crippen LogP contribution in [-0.4, -0.2) is 41.8 Å². The lowest BCUT2D eigenvalue weighted by Crippen LogP contribution is -2.43. The molecule has 1 saturated heterocycles. The van der Waals surface area contributed by atoms with Gasteiger partial charge < -0.3 is 15.4 Å². The highest BCUT2D eigenvalue weighted by Gasteiger charge is 2.20. The number of rotatable bonds is 5. The van der Waals surface area contributed by atoms with E-state index in [4.69, 9.17) is 10.5 Å². The zero-order valence-electron chi connectivity index (χ0n) is 11.9. The summed E-state index contributed by atoms with van der Waals surface area (Å²) in [6, 6.07) is 0.197. The van der Waals surface area contributed by atoms with Gasteiger partial charge in [0.25, 0.3) is 0 Å². The molecule has 2 rings (SSSR count). The first-order chi connectivity index (χ1) is 9.22. The van der Waals surface area contributed by atoms with E-state index in [2.05, 4.69) is 28.7 Å². The standard InChI is InChI=1S/C14H24N4O/c1-3-12(15)7-11-8-16-14(17-9-11)18-5-6-19-13(4-2)10-18/h8-9,12-13H,3-7,10,15H2,1-2H3. The maximum atomic E-state index is 5.94. The fourth-order valence-electron chi connectivity index (χ4n) is 2.21. The van der Waals surface area contributed by atoms with Gasteiger partial charge in [-0.25, -0.2) is 9.97 Å². The second-order valence-corrected chi connectivity index (χ2v) is 5.11. The Morgan fingerprint density at radius 3 is 2.79 bits per heavy atom. The van der Waals surface area contributed by atoms with Gasteiger partial charge in [-0.2, -0.15) is 0 Å². The van der Waals surface area contributed by atoms with Crippen molar-refractivity contribution in [3.05, 3.63) is 18.0 Å². The van der Waals surface area contributed by atoms with Crippen molar-refractivity contribution in [2.24, 2.45) is 5.73 Å². The number of anilines is 1. The number of nitrogens with zero attached hydrogens (tertiary/aromatic N) is 3. The summed E-state index contributed by atoms with van der Waals surface area (Å²) in [5.41, 5.74) is 7.05. The van der Waals surface area contributed by atoms with Gasteiger partial charge in [-0.15, -0.1) is 0 Å². The number of morpholine rings is 1. The maximum absolute atomic E-state index is 5.94. The van der Waals surface area contributed by atoms with E-state index in [0.29, 0.717) is 6.10 Å². The minimum atomic E-state index is 0.197. The van der Waals surface area contributed by atoms with Gasteiger partial charge in [0.1, 0.15) is 0 Å². The third-order valence-corrected chi connectivity index (χ3v) is 3.59. The van der Waals surface area contributed by atoms with E-state index in [1.165, 1.54) is 0 Å². The number of ether oxygens (including phenoxy) is 1. The smallest absolute Gasteiger partial charge is 0.225 e. The Morgan fingerprint density at radius 2 is 2.16 bits per heavy atom. The van der Waals surface area contributed by atoms with Gasteiger partial charge in [0.05, 0.1) is 12.7 Å². The van der Waals surface area contributed by atoms with Crippen molar-refractivity contribution in [3.8, 4) is 0 Å². The molecule has 0 aromatic carbocycles. The number of nitrogens with two attached hydrogens (primary N) is 1. The topological polar surface area (TPSA) is 64.3 Å². The van der Waals surface area contributed by atoms with Gasteiger partial charge >= 0.3 is 0 Å². The third-order valence-electron chi connectivity index (χ3n) is 3.59. The quantitative estimate of drug-likeness (QED) is 0.870. The highest BCUT2D eigenvalue weighted by atomic mass is 16.5. The lowest BCUT2D eigenvalue weighted by molar-refractivity contribution is 0.0379. The van der Waals surface area contributed by atoms with E-state index in [-0.39, 0.29) is 6.04 Å². The lowest BCUT2D eigenvalue weighted by atomic mass is 10.1. The van der Waals surface area contributed by atoms with Gasteiger partial charge in [-0.1, -0.05) is 13.8 Å². The van der Waals surface area contributed by atoms with Crippen molar-refractivity contribution in [2.45, 2.75) is 45.3 Å². The minimum absolute atomic E-state index is 0.197. The Hall–Kier alpha value is -1.20. The maximum Gasteiger partial charge on any atom is 0.225 e. The lowest BCUT2D eigenvalue weighted by Gasteiger charge is -2.32. The van der Waals surface area contributed by atoms with Gasteiger partial charge in [0.2, 0.25) is 5.95 Å². The van der Waals surface area contributed by atoms with Crippen molar-refractivity contribution in [1.82, 2.24) is 9.97 Å². The van der Waals surface area contributed by atoms with Gasteiger partial charge in [-0.3, -0.25) is 0 Å². The van der Waals surface area contributed by atoms with Crippen LogP contribution in [-0.2, 0) is 11.2 Å². The molecule has 1 aliphatic rings. The fourth-order valence-corrected chi connectivity index (χ4v) is 2.21. The van der Waals surface area contributed by atoms with Crippen LogP contribution >= 0.6 is 0 Å². The molecule has 2 atom stereocenters. The van der Waals surface area contributed by atoms with E-state index in [9.17, 15) is 0 Å². The Bertz CT molecular complexity index is 382. The summed E-state index contributed by atoms with van der Waals surface area (Å²) in [6.07, 6.45) is 6.94.